The van der Waals surface area contributed by atoms with E-state index in [-0.39, 0.29) is 5.38 Å². The van der Waals surface area contributed by atoms with E-state index in [4.69, 9.17) is 22.3 Å². The molecule has 0 rings (SSSR count). The predicted octanol–water partition coefficient (Wildman–Crippen LogP) is 2.57. The summed E-state index contributed by atoms with van der Waals surface area (Å²) in [7, 11) is 0. The summed E-state index contributed by atoms with van der Waals surface area (Å²) in [6.45, 7) is 3.64. The van der Waals surface area contributed by atoms with Gasteiger partial charge in [-0.2, -0.15) is 5.26 Å². The van der Waals surface area contributed by atoms with Crippen LogP contribution in [-0.2, 0) is 0 Å². The highest BCUT2D eigenvalue weighted by Crippen LogP contribution is 2.21. The van der Waals surface area contributed by atoms with Gasteiger partial charge in [-0.15, -0.1) is 11.6 Å². The molecule has 11 heavy (non-hydrogen) atoms. The Bertz CT molecular complexity index is 171. The topological polar surface area (TPSA) is 47.6 Å². The molecule has 0 aromatic carbocycles. The van der Waals surface area contributed by atoms with Gasteiger partial charge in [-0.1, -0.05) is 0 Å². The lowest BCUT2D eigenvalue weighted by Gasteiger charge is -2.15. The first kappa shape index (κ1) is 10.4. The summed E-state index contributed by atoms with van der Waals surface area (Å²) in [5, 5.41) is 15.7. The Kier molecular flexibility index (Phi) is 4.14. The summed E-state index contributed by atoms with van der Waals surface area (Å²) in [6, 6.07) is 2.08. The van der Waals surface area contributed by atoms with E-state index in [1.54, 1.807) is 6.92 Å². The molecule has 0 amide bonds. The minimum absolute atomic E-state index is 0.0858. The highest BCUT2D eigenvalue weighted by Gasteiger charge is 2.20. The van der Waals surface area contributed by atoms with E-state index in [2.05, 4.69) is 6.07 Å². The van der Waals surface area contributed by atoms with Crippen molar-refractivity contribution in [3.05, 3.63) is 0 Å². The Hall–Kier alpha value is -0.550. The minimum Gasteiger partial charge on any atom is -0.311 e. The Morgan fingerprint density at radius 3 is 2.64 bits per heavy atom. The molecule has 0 radical (unpaired) electrons. The molecule has 3 heteroatoms. The molecule has 0 saturated carbocycles. The van der Waals surface area contributed by atoms with Crippen molar-refractivity contribution in [2.45, 2.75) is 32.1 Å². The number of nitrogens with zero attached hydrogens (tertiary/aromatic N) is 1. The fraction of sp³-hybridized carbons (Fsp3) is 0.750. The minimum atomic E-state index is -0.622. The van der Waals surface area contributed by atoms with Crippen molar-refractivity contribution in [3.8, 4) is 6.07 Å². The van der Waals surface area contributed by atoms with E-state index in [1.165, 1.54) is 6.21 Å². The van der Waals surface area contributed by atoms with Gasteiger partial charge in [0.1, 0.15) is 0 Å². The summed E-state index contributed by atoms with van der Waals surface area (Å²) >= 11 is 5.71. The van der Waals surface area contributed by atoms with Gasteiger partial charge < -0.3 is 5.41 Å². The SMILES string of the molecule is CC(Cl)CCC(C)(C#N)C=N. The first-order valence-corrected chi connectivity index (χ1v) is 4.04. The second kappa shape index (κ2) is 4.35. The molecular formula is C8H13ClN2. The lowest BCUT2D eigenvalue weighted by atomic mass is 9.88. The van der Waals surface area contributed by atoms with Crippen molar-refractivity contribution in [1.82, 2.24) is 0 Å². The summed E-state index contributed by atoms with van der Waals surface area (Å²) in [6.07, 6.45) is 2.63. The third-order valence-electron chi connectivity index (χ3n) is 1.64. The highest BCUT2D eigenvalue weighted by atomic mass is 35.5. The second-order valence-electron chi connectivity index (χ2n) is 2.99. The molecular weight excluding hydrogens is 160 g/mol. The van der Waals surface area contributed by atoms with E-state index in [0.29, 0.717) is 6.42 Å². The summed E-state index contributed by atoms with van der Waals surface area (Å²) in [5.41, 5.74) is -0.622. The summed E-state index contributed by atoms with van der Waals surface area (Å²) in [5.74, 6) is 0. The molecule has 0 fully saturated rings. The van der Waals surface area contributed by atoms with Crippen LogP contribution in [0.3, 0.4) is 0 Å². The zero-order chi connectivity index (χ0) is 8.91. The molecule has 0 aliphatic heterocycles. The number of hydrogen-bond donors (Lipinski definition) is 1. The number of alkyl halides is 1. The Morgan fingerprint density at radius 2 is 2.36 bits per heavy atom. The van der Waals surface area contributed by atoms with Crippen molar-refractivity contribution in [3.63, 3.8) is 0 Å². The standard InChI is InChI=1S/C8H13ClN2/c1-7(9)3-4-8(2,5-10)6-11/h5,7,10H,3-4H2,1-2H3. The predicted molar refractivity (Wildman–Crippen MR) is 47.1 cm³/mol. The average molecular weight is 173 g/mol. The third-order valence-corrected chi connectivity index (χ3v) is 1.85. The average Bonchev–Trinajstić information content (AvgIpc) is 2.00. The molecule has 0 aromatic rings. The summed E-state index contributed by atoms with van der Waals surface area (Å²) in [4.78, 5) is 0. The number of rotatable bonds is 4. The van der Waals surface area contributed by atoms with Gasteiger partial charge in [0.25, 0.3) is 0 Å². The van der Waals surface area contributed by atoms with Crippen molar-refractivity contribution in [2.24, 2.45) is 5.41 Å². The van der Waals surface area contributed by atoms with Crippen molar-refractivity contribution in [2.75, 3.05) is 0 Å². The molecule has 0 aliphatic rings. The molecule has 62 valence electrons. The molecule has 0 bridgehead atoms. The molecule has 2 unspecified atom stereocenters. The van der Waals surface area contributed by atoms with Crippen LogP contribution in [0, 0.1) is 22.2 Å². The number of halogens is 1. The number of hydrogen-bond acceptors (Lipinski definition) is 2. The molecule has 0 heterocycles. The normalized spacial score (nSPS) is 18.0. The molecule has 0 saturated heterocycles. The van der Waals surface area contributed by atoms with Crippen molar-refractivity contribution >= 4 is 17.8 Å². The molecule has 2 nitrogen and oxygen atoms in total. The largest absolute Gasteiger partial charge is 0.311 e. The van der Waals surface area contributed by atoms with Crippen molar-refractivity contribution < 1.29 is 0 Å². The lowest BCUT2D eigenvalue weighted by Crippen LogP contribution is -2.16. The molecule has 2 atom stereocenters. The van der Waals surface area contributed by atoms with Crippen molar-refractivity contribution in [1.29, 1.82) is 10.7 Å². The Balaban J connectivity index is 3.91. The lowest BCUT2D eigenvalue weighted by molar-refractivity contribution is 0.531. The van der Waals surface area contributed by atoms with Crippen LogP contribution in [0.4, 0.5) is 0 Å². The smallest absolute Gasteiger partial charge is 0.0889 e. The maximum Gasteiger partial charge on any atom is 0.0889 e. The number of nitriles is 1. The maximum atomic E-state index is 8.65. The van der Waals surface area contributed by atoms with Crippen LogP contribution in [0.15, 0.2) is 0 Å². The van der Waals surface area contributed by atoms with E-state index in [0.717, 1.165) is 6.42 Å². The quantitative estimate of drug-likeness (QED) is 0.514. The van der Waals surface area contributed by atoms with Gasteiger partial charge >= 0.3 is 0 Å². The third kappa shape index (κ3) is 4.00. The second-order valence-corrected chi connectivity index (χ2v) is 3.74. The zero-order valence-electron chi connectivity index (χ0n) is 6.89. The number of nitrogens with one attached hydrogen (secondary N) is 1. The molecule has 0 spiro atoms. The fourth-order valence-corrected chi connectivity index (χ4v) is 0.768. The van der Waals surface area contributed by atoms with Gasteiger partial charge in [0.05, 0.1) is 11.5 Å². The van der Waals surface area contributed by atoms with Gasteiger partial charge in [0.2, 0.25) is 0 Å². The first-order valence-electron chi connectivity index (χ1n) is 3.61. The van der Waals surface area contributed by atoms with Crippen LogP contribution in [0.1, 0.15) is 26.7 Å². The zero-order valence-corrected chi connectivity index (χ0v) is 7.65. The van der Waals surface area contributed by atoms with Crippen LogP contribution in [0.2, 0.25) is 0 Å². The molecule has 0 aliphatic carbocycles. The van der Waals surface area contributed by atoms with Crippen LogP contribution in [0.25, 0.3) is 0 Å². The van der Waals surface area contributed by atoms with E-state index < -0.39 is 5.41 Å². The van der Waals surface area contributed by atoms with E-state index in [9.17, 15) is 0 Å². The van der Waals surface area contributed by atoms with Gasteiger partial charge in [-0.25, -0.2) is 0 Å². The van der Waals surface area contributed by atoms with Crippen LogP contribution >= 0.6 is 11.6 Å². The van der Waals surface area contributed by atoms with Gasteiger partial charge in [0.15, 0.2) is 0 Å². The Labute approximate surface area is 72.7 Å². The molecule has 1 N–H and O–H groups in total. The van der Waals surface area contributed by atoms with Gasteiger partial charge in [-0.05, 0) is 26.7 Å². The monoisotopic (exact) mass is 172 g/mol. The molecule has 0 aromatic heterocycles. The van der Waals surface area contributed by atoms with Crippen LogP contribution < -0.4 is 0 Å². The summed E-state index contributed by atoms with van der Waals surface area (Å²) < 4.78 is 0. The van der Waals surface area contributed by atoms with E-state index >= 15 is 0 Å². The highest BCUT2D eigenvalue weighted by molar-refractivity contribution is 6.20. The first-order chi connectivity index (χ1) is 5.04. The van der Waals surface area contributed by atoms with E-state index in [1.807, 2.05) is 6.92 Å². The maximum absolute atomic E-state index is 8.65. The van der Waals surface area contributed by atoms with Crippen LogP contribution in [-0.4, -0.2) is 11.6 Å². The van der Waals surface area contributed by atoms with Gasteiger partial charge in [0, 0.05) is 11.6 Å². The fourth-order valence-electron chi connectivity index (χ4n) is 0.659. The Morgan fingerprint density at radius 1 is 1.82 bits per heavy atom. The van der Waals surface area contributed by atoms with Crippen LogP contribution in [0.5, 0.6) is 0 Å². The van der Waals surface area contributed by atoms with Gasteiger partial charge in [-0.3, -0.25) is 0 Å².